The Morgan fingerprint density at radius 3 is 2.46 bits per heavy atom. The highest BCUT2D eigenvalue weighted by Crippen LogP contribution is 2.28. The lowest BCUT2D eigenvalue weighted by atomic mass is 10.0. The van der Waals surface area contributed by atoms with Gasteiger partial charge in [0, 0.05) is 11.1 Å². The Hall–Kier alpha value is -3.25. The third-order valence-electron chi connectivity index (χ3n) is 4.54. The molecule has 0 spiro atoms. The van der Waals surface area contributed by atoms with E-state index in [1.807, 2.05) is 54.6 Å². The fourth-order valence-corrected chi connectivity index (χ4v) is 3.07. The molecule has 1 aliphatic rings. The number of aromatic nitrogens is 3. The van der Waals surface area contributed by atoms with E-state index in [2.05, 4.69) is 38.1 Å². The molecule has 4 rings (SSSR count). The molecule has 0 saturated carbocycles. The van der Waals surface area contributed by atoms with E-state index in [1.54, 1.807) is 0 Å². The van der Waals surface area contributed by atoms with Gasteiger partial charge in [0.25, 0.3) is 0 Å². The molecule has 6 heteroatoms. The standard InChI is InChI=1S/C16H13N3.C6H11NO2/c1-2-12-7-6-10-14(11-12)16-15(17-19-18-16)13-8-4-3-5-9-13;1-9-6(8)5-3-2-4-7-5/h2-11H,1H2,(H,17,18,19);5,7H,2-4H2,1H3. The van der Waals surface area contributed by atoms with Crippen LogP contribution in [0.2, 0.25) is 0 Å². The van der Waals surface area contributed by atoms with Crippen molar-refractivity contribution in [2.75, 3.05) is 13.7 Å². The summed E-state index contributed by atoms with van der Waals surface area (Å²) in [6, 6.07) is 18.1. The quantitative estimate of drug-likeness (QED) is 0.679. The Bertz CT molecular complexity index is 915. The largest absolute Gasteiger partial charge is 0.468 e. The summed E-state index contributed by atoms with van der Waals surface area (Å²) in [7, 11) is 1.42. The maximum atomic E-state index is 10.7. The van der Waals surface area contributed by atoms with Crippen molar-refractivity contribution < 1.29 is 9.53 Å². The minimum Gasteiger partial charge on any atom is -0.468 e. The number of hydrogen-bond acceptors (Lipinski definition) is 5. The van der Waals surface area contributed by atoms with E-state index in [-0.39, 0.29) is 12.0 Å². The van der Waals surface area contributed by atoms with Gasteiger partial charge in [0.05, 0.1) is 7.11 Å². The maximum absolute atomic E-state index is 10.7. The Balaban J connectivity index is 0.000000211. The molecule has 0 bridgehead atoms. The number of ether oxygens (including phenoxy) is 1. The van der Waals surface area contributed by atoms with Gasteiger partial charge in [-0.1, -0.05) is 61.2 Å². The maximum Gasteiger partial charge on any atom is 0.322 e. The summed E-state index contributed by atoms with van der Waals surface area (Å²) in [6.07, 6.45) is 3.83. The molecule has 144 valence electrons. The second kappa shape index (κ2) is 9.62. The fraction of sp³-hybridized carbons (Fsp3) is 0.227. The van der Waals surface area contributed by atoms with Gasteiger partial charge in [0.1, 0.15) is 17.4 Å². The minimum atomic E-state index is -0.132. The molecular weight excluding hydrogens is 352 g/mol. The van der Waals surface area contributed by atoms with Crippen LogP contribution in [0.25, 0.3) is 28.6 Å². The molecule has 1 saturated heterocycles. The first-order valence-electron chi connectivity index (χ1n) is 9.23. The first kappa shape index (κ1) is 19.5. The van der Waals surface area contributed by atoms with Gasteiger partial charge < -0.3 is 10.1 Å². The Kier molecular flexibility index (Phi) is 6.70. The molecule has 1 fully saturated rings. The molecule has 1 atom stereocenters. The molecule has 2 N–H and O–H groups in total. The zero-order valence-electron chi connectivity index (χ0n) is 15.9. The summed E-state index contributed by atoms with van der Waals surface area (Å²) >= 11 is 0. The molecule has 1 aromatic heterocycles. The van der Waals surface area contributed by atoms with E-state index >= 15 is 0 Å². The average molecular weight is 376 g/mol. The number of carbonyl (C=O) groups is 1. The van der Waals surface area contributed by atoms with Gasteiger partial charge in [-0.3, -0.25) is 4.79 Å². The van der Waals surface area contributed by atoms with Crippen LogP contribution >= 0.6 is 0 Å². The Morgan fingerprint density at radius 2 is 1.82 bits per heavy atom. The smallest absolute Gasteiger partial charge is 0.322 e. The van der Waals surface area contributed by atoms with E-state index in [0.717, 1.165) is 47.5 Å². The lowest BCUT2D eigenvalue weighted by Crippen LogP contribution is -2.31. The zero-order chi connectivity index (χ0) is 19.8. The van der Waals surface area contributed by atoms with Crippen molar-refractivity contribution in [2.45, 2.75) is 18.9 Å². The molecule has 6 nitrogen and oxygen atoms in total. The highest BCUT2D eigenvalue weighted by molar-refractivity contribution is 5.78. The van der Waals surface area contributed by atoms with Gasteiger partial charge in [0.15, 0.2) is 0 Å². The van der Waals surface area contributed by atoms with Crippen LogP contribution in [-0.2, 0) is 9.53 Å². The summed E-state index contributed by atoms with van der Waals surface area (Å²) in [5.41, 5.74) is 4.87. The topological polar surface area (TPSA) is 79.9 Å². The summed E-state index contributed by atoms with van der Waals surface area (Å²) in [5.74, 6) is -0.132. The van der Waals surface area contributed by atoms with Crippen LogP contribution in [0.3, 0.4) is 0 Å². The molecular formula is C22H24N4O2. The van der Waals surface area contributed by atoms with Gasteiger partial charge >= 0.3 is 5.97 Å². The van der Waals surface area contributed by atoms with E-state index in [9.17, 15) is 4.79 Å². The van der Waals surface area contributed by atoms with Crippen molar-refractivity contribution in [2.24, 2.45) is 0 Å². The SMILES string of the molecule is C=Cc1cccc(-c2n[nH]nc2-c2ccccc2)c1.COC(=O)C1CCCN1. The normalized spacial score (nSPS) is 15.4. The zero-order valence-corrected chi connectivity index (χ0v) is 15.9. The lowest BCUT2D eigenvalue weighted by molar-refractivity contribution is -0.142. The predicted octanol–water partition coefficient (Wildman–Crippen LogP) is 3.69. The number of benzene rings is 2. The Labute approximate surface area is 164 Å². The van der Waals surface area contributed by atoms with Gasteiger partial charge in [-0.15, -0.1) is 0 Å². The molecule has 1 aliphatic heterocycles. The van der Waals surface area contributed by atoms with Crippen molar-refractivity contribution in [1.82, 2.24) is 20.7 Å². The van der Waals surface area contributed by atoms with E-state index in [1.165, 1.54) is 7.11 Å². The molecule has 0 amide bonds. The summed E-state index contributed by atoms with van der Waals surface area (Å²) in [6.45, 7) is 4.73. The van der Waals surface area contributed by atoms with Crippen LogP contribution in [0.15, 0.2) is 61.2 Å². The van der Waals surface area contributed by atoms with Gasteiger partial charge in [-0.05, 0) is 31.0 Å². The van der Waals surface area contributed by atoms with E-state index in [4.69, 9.17) is 0 Å². The first-order valence-corrected chi connectivity index (χ1v) is 9.23. The average Bonchev–Trinajstić information content (AvgIpc) is 3.46. The predicted molar refractivity (Wildman–Crippen MR) is 110 cm³/mol. The molecule has 0 aliphatic carbocycles. The molecule has 2 aromatic carbocycles. The van der Waals surface area contributed by atoms with E-state index in [0.29, 0.717) is 0 Å². The van der Waals surface area contributed by atoms with Crippen molar-refractivity contribution in [1.29, 1.82) is 0 Å². The molecule has 1 unspecified atom stereocenters. The minimum absolute atomic E-state index is 0.0324. The number of methoxy groups -OCH3 is 1. The van der Waals surface area contributed by atoms with Crippen LogP contribution in [-0.4, -0.2) is 41.1 Å². The van der Waals surface area contributed by atoms with Crippen molar-refractivity contribution in [3.63, 3.8) is 0 Å². The molecule has 28 heavy (non-hydrogen) atoms. The van der Waals surface area contributed by atoms with Crippen LogP contribution in [0.4, 0.5) is 0 Å². The van der Waals surface area contributed by atoms with Gasteiger partial charge in [0.2, 0.25) is 0 Å². The molecule has 2 heterocycles. The molecule has 3 aromatic rings. The summed E-state index contributed by atoms with van der Waals surface area (Å²) in [5, 5.41) is 14.3. The second-order valence-corrected chi connectivity index (χ2v) is 6.39. The van der Waals surface area contributed by atoms with Crippen LogP contribution in [0.5, 0.6) is 0 Å². The number of carbonyl (C=O) groups excluding carboxylic acids is 1. The van der Waals surface area contributed by atoms with Crippen molar-refractivity contribution in [3.8, 4) is 22.5 Å². The number of H-pyrrole nitrogens is 1. The summed E-state index contributed by atoms with van der Waals surface area (Å²) in [4.78, 5) is 10.7. The number of rotatable bonds is 4. The van der Waals surface area contributed by atoms with Gasteiger partial charge in [-0.2, -0.15) is 15.4 Å². The third kappa shape index (κ3) is 4.72. The fourth-order valence-electron chi connectivity index (χ4n) is 3.07. The third-order valence-corrected chi connectivity index (χ3v) is 4.54. The number of aromatic amines is 1. The molecule has 0 radical (unpaired) electrons. The van der Waals surface area contributed by atoms with Crippen molar-refractivity contribution in [3.05, 3.63) is 66.7 Å². The second-order valence-electron chi connectivity index (χ2n) is 6.39. The van der Waals surface area contributed by atoms with Gasteiger partial charge in [-0.25, -0.2) is 0 Å². The highest BCUT2D eigenvalue weighted by atomic mass is 16.5. The number of nitrogens with one attached hydrogen (secondary N) is 2. The Morgan fingerprint density at radius 1 is 1.11 bits per heavy atom. The summed E-state index contributed by atoms with van der Waals surface area (Å²) < 4.78 is 4.53. The van der Waals surface area contributed by atoms with E-state index < -0.39 is 0 Å². The van der Waals surface area contributed by atoms with Crippen molar-refractivity contribution >= 4 is 12.0 Å². The first-order chi connectivity index (χ1) is 13.7. The number of esters is 1. The van der Waals surface area contributed by atoms with Crippen LogP contribution in [0.1, 0.15) is 18.4 Å². The highest BCUT2D eigenvalue weighted by Gasteiger charge is 2.21. The lowest BCUT2D eigenvalue weighted by Gasteiger charge is -2.04. The number of hydrogen-bond donors (Lipinski definition) is 2. The monoisotopic (exact) mass is 376 g/mol. The van der Waals surface area contributed by atoms with Crippen LogP contribution < -0.4 is 5.32 Å². The van der Waals surface area contributed by atoms with Crippen LogP contribution in [0, 0.1) is 0 Å². The number of nitrogens with zero attached hydrogens (tertiary/aromatic N) is 2.